The summed E-state index contributed by atoms with van der Waals surface area (Å²) in [5, 5.41) is 0.452. The molecular formula is C31H26ClNO3. The Morgan fingerprint density at radius 3 is 1.58 bits per heavy atom. The maximum Gasteiger partial charge on any atom is 0.239 e. The number of carbonyl (C=O) groups is 3. The van der Waals surface area contributed by atoms with Gasteiger partial charge in [0, 0.05) is 5.02 Å². The highest BCUT2D eigenvalue weighted by Crippen LogP contribution is 2.75. The zero-order chi connectivity index (χ0) is 25.2. The lowest BCUT2D eigenvalue weighted by Crippen LogP contribution is -2.41. The molecular weight excluding hydrogens is 470 g/mol. The van der Waals surface area contributed by atoms with Gasteiger partial charge in [0.2, 0.25) is 11.8 Å². The second-order valence-electron chi connectivity index (χ2n) is 9.91. The lowest BCUT2D eigenvalue weighted by atomic mass is 9.60. The van der Waals surface area contributed by atoms with E-state index in [-0.39, 0.29) is 17.6 Å². The fraction of sp³-hybridized carbons (Fsp3) is 0.258. The fourth-order valence-electron chi connectivity index (χ4n) is 7.32. The Kier molecular flexibility index (Phi) is 5.10. The van der Waals surface area contributed by atoms with Crippen molar-refractivity contribution in [2.45, 2.75) is 26.7 Å². The van der Waals surface area contributed by atoms with Crippen molar-refractivity contribution in [3.63, 3.8) is 0 Å². The van der Waals surface area contributed by atoms with E-state index in [2.05, 4.69) is 0 Å². The molecule has 36 heavy (non-hydrogen) atoms. The van der Waals surface area contributed by atoms with Crippen LogP contribution in [0, 0.1) is 22.7 Å². The third-order valence-electron chi connectivity index (χ3n) is 8.63. The van der Waals surface area contributed by atoms with Crippen LogP contribution in [0.15, 0.2) is 84.9 Å². The molecule has 5 heteroatoms. The molecule has 1 heterocycles. The number of anilines is 1. The highest BCUT2D eigenvalue weighted by molar-refractivity contribution is 6.35. The highest BCUT2D eigenvalue weighted by Gasteiger charge is 2.80. The summed E-state index contributed by atoms with van der Waals surface area (Å²) in [6.07, 6.45) is 0.884. The largest absolute Gasteiger partial charge is 0.298 e. The Morgan fingerprint density at radius 1 is 0.694 bits per heavy atom. The van der Waals surface area contributed by atoms with Gasteiger partial charge in [-0.1, -0.05) is 92.2 Å². The number of hydrogen-bond donors (Lipinski definition) is 0. The van der Waals surface area contributed by atoms with E-state index in [9.17, 15) is 14.4 Å². The van der Waals surface area contributed by atoms with Gasteiger partial charge in [-0.3, -0.25) is 14.4 Å². The lowest BCUT2D eigenvalue weighted by Gasteiger charge is -2.38. The molecule has 0 aromatic heterocycles. The summed E-state index contributed by atoms with van der Waals surface area (Å²) < 4.78 is 0. The van der Waals surface area contributed by atoms with Crippen LogP contribution in [0.3, 0.4) is 0 Å². The summed E-state index contributed by atoms with van der Waals surface area (Å²) in [6.45, 7) is 3.94. The molecule has 0 N–H and O–H groups in total. The van der Waals surface area contributed by atoms with Crippen molar-refractivity contribution in [3.8, 4) is 0 Å². The van der Waals surface area contributed by atoms with Crippen LogP contribution in [0.1, 0.15) is 37.8 Å². The molecule has 1 saturated carbocycles. The van der Waals surface area contributed by atoms with E-state index in [1.165, 1.54) is 4.90 Å². The zero-order valence-corrected chi connectivity index (χ0v) is 21.0. The number of halogens is 1. The van der Waals surface area contributed by atoms with Gasteiger partial charge in [-0.15, -0.1) is 0 Å². The molecule has 0 unspecified atom stereocenters. The van der Waals surface area contributed by atoms with Gasteiger partial charge in [0.25, 0.3) is 0 Å². The third-order valence-corrected chi connectivity index (χ3v) is 8.86. The highest BCUT2D eigenvalue weighted by atomic mass is 35.5. The quantitative estimate of drug-likeness (QED) is 0.382. The topological polar surface area (TPSA) is 54.5 Å². The minimum Gasteiger partial charge on any atom is -0.298 e. The zero-order valence-electron chi connectivity index (χ0n) is 20.2. The number of carbonyl (C=O) groups excluding carboxylic acids is 3. The molecule has 3 aromatic rings. The molecule has 2 amide bonds. The minimum absolute atomic E-state index is 0.0140. The Labute approximate surface area is 215 Å². The fourth-order valence-corrected chi connectivity index (χ4v) is 7.51. The van der Waals surface area contributed by atoms with Gasteiger partial charge in [0.1, 0.15) is 0 Å². The second-order valence-corrected chi connectivity index (χ2v) is 10.3. The number of Topliss-reactive ketones (excluding diaryl/α,β-unsaturated/α-hetero) is 1. The molecule has 6 rings (SSSR count). The van der Waals surface area contributed by atoms with E-state index in [1.54, 1.807) is 24.3 Å². The van der Waals surface area contributed by atoms with Gasteiger partial charge in [0.05, 0.1) is 28.4 Å². The molecule has 0 spiro atoms. The number of imide groups is 1. The number of amides is 2. The SMILES string of the molecule is CC[C@]12C(=O)[C@@](CC)(C(c3ccccc3)=C1c1ccccc1)[C@@H]1C(=O)N(c3cccc(Cl)c3)C(=O)[C@H]12. The summed E-state index contributed by atoms with van der Waals surface area (Å²) in [5.74, 6) is -2.09. The smallest absolute Gasteiger partial charge is 0.239 e. The first-order valence-electron chi connectivity index (χ1n) is 12.5. The molecule has 3 aromatic carbocycles. The molecule has 2 bridgehead atoms. The first kappa shape index (κ1) is 22.9. The third kappa shape index (κ3) is 2.63. The summed E-state index contributed by atoms with van der Waals surface area (Å²) in [7, 11) is 0. The molecule has 0 radical (unpaired) electrons. The minimum atomic E-state index is -1.08. The number of ketones is 1. The van der Waals surface area contributed by atoms with Crippen molar-refractivity contribution in [2.24, 2.45) is 22.7 Å². The van der Waals surface area contributed by atoms with E-state index in [4.69, 9.17) is 11.6 Å². The first-order chi connectivity index (χ1) is 17.4. The molecule has 4 atom stereocenters. The molecule has 3 aliphatic rings. The van der Waals surface area contributed by atoms with Gasteiger partial charge >= 0.3 is 0 Å². The number of hydrogen-bond acceptors (Lipinski definition) is 3. The summed E-state index contributed by atoms with van der Waals surface area (Å²) >= 11 is 6.24. The molecule has 180 valence electrons. The van der Waals surface area contributed by atoms with Crippen LogP contribution in [0.25, 0.3) is 11.1 Å². The van der Waals surface area contributed by atoms with Crippen LogP contribution in [0.5, 0.6) is 0 Å². The van der Waals surface area contributed by atoms with Crippen LogP contribution >= 0.6 is 11.6 Å². The predicted octanol–water partition coefficient (Wildman–Crippen LogP) is 6.45. The number of nitrogens with zero attached hydrogens (tertiary/aromatic N) is 1. The van der Waals surface area contributed by atoms with Gasteiger partial charge in [-0.2, -0.15) is 0 Å². The van der Waals surface area contributed by atoms with Crippen LogP contribution in [-0.2, 0) is 14.4 Å². The van der Waals surface area contributed by atoms with E-state index in [0.717, 1.165) is 22.3 Å². The number of benzene rings is 3. The summed E-state index contributed by atoms with van der Waals surface area (Å²) in [5.41, 5.74) is 1.97. The average Bonchev–Trinajstić information content (AvgIpc) is 3.40. The molecule has 1 aliphatic heterocycles. The van der Waals surface area contributed by atoms with Crippen molar-refractivity contribution in [2.75, 3.05) is 4.90 Å². The van der Waals surface area contributed by atoms with Crippen LogP contribution in [0.4, 0.5) is 5.69 Å². The van der Waals surface area contributed by atoms with Gasteiger partial charge in [-0.05, 0) is 53.3 Å². The average molecular weight is 496 g/mol. The Bertz CT molecular complexity index is 1360. The van der Waals surface area contributed by atoms with Crippen molar-refractivity contribution in [3.05, 3.63) is 101 Å². The van der Waals surface area contributed by atoms with Gasteiger partial charge < -0.3 is 0 Å². The van der Waals surface area contributed by atoms with Gasteiger partial charge in [-0.25, -0.2) is 4.90 Å². The van der Waals surface area contributed by atoms with E-state index in [1.807, 2.05) is 74.5 Å². The Balaban J connectivity index is 1.68. The number of rotatable bonds is 5. The van der Waals surface area contributed by atoms with Crippen LogP contribution < -0.4 is 4.90 Å². The molecule has 2 fully saturated rings. The van der Waals surface area contributed by atoms with Crippen LogP contribution in [0.2, 0.25) is 5.02 Å². The number of allylic oxidation sites excluding steroid dienone is 2. The second kappa shape index (κ2) is 8.01. The molecule has 4 nitrogen and oxygen atoms in total. The standard InChI is InChI=1S/C31H26ClNO3/c1-3-30-23(19-12-7-5-8-13-19)24(20-14-9-6-10-15-20)31(4-2,29(30)36)26-25(30)27(34)33(28(26)35)22-17-11-16-21(32)18-22/h5-18,25-26H,3-4H2,1-2H3/t25-,26-,30-,31-/m0/s1. The van der Waals surface area contributed by atoms with Gasteiger partial charge in [0.15, 0.2) is 5.78 Å². The van der Waals surface area contributed by atoms with Crippen LogP contribution in [-0.4, -0.2) is 17.6 Å². The number of fused-ring (bicyclic) bond motifs is 5. The molecule has 2 aliphatic carbocycles. The normalized spacial score (nSPS) is 28.9. The maximum absolute atomic E-state index is 14.7. The van der Waals surface area contributed by atoms with Crippen molar-refractivity contribution in [1.82, 2.24) is 0 Å². The Morgan fingerprint density at radius 2 is 1.17 bits per heavy atom. The summed E-state index contributed by atoms with van der Waals surface area (Å²) in [4.78, 5) is 44.3. The Hall–Kier alpha value is -3.50. The predicted molar refractivity (Wildman–Crippen MR) is 141 cm³/mol. The van der Waals surface area contributed by atoms with E-state index >= 15 is 0 Å². The lowest BCUT2D eigenvalue weighted by molar-refractivity contribution is -0.134. The summed E-state index contributed by atoms with van der Waals surface area (Å²) in [6, 6.07) is 26.6. The van der Waals surface area contributed by atoms with Crippen molar-refractivity contribution < 1.29 is 14.4 Å². The maximum atomic E-state index is 14.7. The van der Waals surface area contributed by atoms with E-state index in [0.29, 0.717) is 23.6 Å². The van der Waals surface area contributed by atoms with E-state index < -0.39 is 22.7 Å². The molecule has 1 saturated heterocycles. The first-order valence-corrected chi connectivity index (χ1v) is 12.9. The monoisotopic (exact) mass is 495 g/mol. The van der Waals surface area contributed by atoms with Crippen molar-refractivity contribution in [1.29, 1.82) is 0 Å². The van der Waals surface area contributed by atoms with Crippen molar-refractivity contribution >= 4 is 46.0 Å².